The van der Waals surface area contributed by atoms with Crippen LogP contribution in [0.15, 0.2) is 47.4 Å². The molecule has 0 unspecified atom stereocenters. The van der Waals surface area contributed by atoms with E-state index in [1.165, 1.54) is 30.3 Å². The van der Waals surface area contributed by atoms with Gasteiger partial charge in [-0.25, -0.2) is 8.42 Å². The average Bonchev–Trinajstić information content (AvgIpc) is 2.51. The minimum absolute atomic E-state index is 0.0157. The van der Waals surface area contributed by atoms with Crippen LogP contribution in [0.4, 0.5) is 5.69 Å². The summed E-state index contributed by atoms with van der Waals surface area (Å²) in [4.78, 5) is 12.3. The Kier molecular flexibility index (Phi) is 5.11. The molecule has 0 atom stereocenters. The molecule has 1 amide bonds. The van der Waals surface area contributed by atoms with Crippen molar-refractivity contribution in [2.45, 2.75) is 11.8 Å². The molecule has 0 aromatic heterocycles. The highest BCUT2D eigenvalue weighted by molar-refractivity contribution is 7.91. The van der Waals surface area contributed by atoms with Gasteiger partial charge in [-0.1, -0.05) is 30.1 Å². The number of hydrogen-bond donors (Lipinski definition) is 1. The highest BCUT2D eigenvalue weighted by Gasteiger charge is 2.13. The number of sulfone groups is 1. The van der Waals surface area contributed by atoms with Gasteiger partial charge in [0.2, 0.25) is 0 Å². The summed E-state index contributed by atoms with van der Waals surface area (Å²) in [7, 11) is -3.27. The maximum atomic E-state index is 12.1. The van der Waals surface area contributed by atoms with Gasteiger partial charge < -0.3 is 5.32 Å². The van der Waals surface area contributed by atoms with E-state index in [0.717, 1.165) is 0 Å². The molecule has 0 aliphatic carbocycles. The van der Waals surface area contributed by atoms with Crippen LogP contribution in [0.3, 0.4) is 0 Å². The van der Waals surface area contributed by atoms with Crippen molar-refractivity contribution >= 4 is 44.6 Å². The van der Waals surface area contributed by atoms with Gasteiger partial charge in [0.25, 0.3) is 5.91 Å². The van der Waals surface area contributed by atoms with Gasteiger partial charge in [-0.2, -0.15) is 0 Å². The van der Waals surface area contributed by atoms with Crippen LogP contribution in [0.25, 0.3) is 0 Å². The maximum Gasteiger partial charge on any atom is 0.255 e. The Morgan fingerprint density at radius 2 is 1.68 bits per heavy atom. The van der Waals surface area contributed by atoms with Crippen LogP contribution in [-0.2, 0) is 9.84 Å². The molecular weight excluding hydrogens is 345 g/mol. The van der Waals surface area contributed by atoms with Crippen molar-refractivity contribution in [1.82, 2.24) is 0 Å². The van der Waals surface area contributed by atoms with Crippen LogP contribution in [-0.4, -0.2) is 20.1 Å². The van der Waals surface area contributed by atoms with E-state index in [2.05, 4.69) is 5.32 Å². The largest absolute Gasteiger partial charge is 0.322 e. The van der Waals surface area contributed by atoms with Gasteiger partial charge in [0.15, 0.2) is 9.84 Å². The zero-order valence-corrected chi connectivity index (χ0v) is 14.0. The summed E-state index contributed by atoms with van der Waals surface area (Å²) in [5, 5.41) is 3.40. The molecule has 1 N–H and O–H groups in total. The van der Waals surface area contributed by atoms with Crippen LogP contribution >= 0.6 is 23.2 Å². The molecule has 0 aliphatic rings. The Morgan fingerprint density at radius 1 is 1.05 bits per heavy atom. The lowest BCUT2D eigenvalue weighted by molar-refractivity contribution is 0.102. The molecule has 22 heavy (non-hydrogen) atoms. The minimum Gasteiger partial charge on any atom is -0.322 e. The highest BCUT2D eigenvalue weighted by atomic mass is 35.5. The molecule has 0 saturated heterocycles. The molecule has 0 spiro atoms. The molecule has 0 radical (unpaired) electrons. The third kappa shape index (κ3) is 3.80. The second kappa shape index (κ2) is 6.69. The van der Waals surface area contributed by atoms with Crippen LogP contribution in [0.1, 0.15) is 17.3 Å². The normalized spacial score (nSPS) is 11.2. The molecule has 0 bridgehead atoms. The van der Waals surface area contributed by atoms with E-state index in [1.807, 2.05) is 0 Å². The second-order valence-corrected chi connectivity index (χ2v) is 7.60. The van der Waals surface area contributed by atoms with Gasteiger partial charge in [0.1, 0.15) is 0 Å². The molecule has 0 saturated carbocycles. The maximum absolute atomic E-state index is 12.1. The van der Waals surface area contributed by atoms with Gasteiger partial charge >= 0.3 is 0 Å². The molecule has 116 valence electrons. The van der Waals surface area contributed by atoms with Crippen LogP contribution in [0, 0.1) is 0 Å². The molecule has 7 heteroatoms. The monoisotopic (exact) mass is 357 g/mol. The molecule has 2 rings (SSSR count). The zero-order chi connectivity index (χ0) is 16.3. The van der Waals surface area contributed by atoms with Crippen molar-refractivity contribution in [1.29, 1.82) is 0 Å². The molecule has 2 aromatic rings. The fourth-order valence-electron chi connectivity index (χ4n) is 1.76. The third-order valence-electron chi connectivity index (χ3n) is 3.03. The number of benzene rings is 2. The first-order chi connectivity index (χ1) is 10.3. The number of rotatable bonds is 4. The molecular formula is C15H13Cl2NO3S. The summed E-state index contributed by atoms with van der Waals surface area (Å²) in [5.41, 5.74) is 0.853. The fraction of sp³-hybridized carbons (Fsp3) is 0.133. The molecule has 0 aliphatic heterocycles. The Hall–Kier alpha value is -1.56. The fourth-order valence-corrected chi connectivity index (χ4v) is 2.94. The quantitative estimate of drug-likeness (QED) is 0.897. The van der Waals surface area contributed by atoms with Crippen molar-refractivity contribution in [3.05, 3.63) is 58.1 Å². The smallest absolute Gasteiger partial charge is 0.255 e. The second-order valence-electron chi connectivity index (χ2n) is 4.51. The Bertz CT molecular complexity index is 802. The Balaban J connectivity index is 2.18. The lowest BCUT2D eigenvalue weighted by Crippen LogP contribution is -2.12. The standard InChI is InChI=1S/C15H13Cl2NO3S/c1-2-22(20,21)12-6-3-10(4-7-12)15(19)18-11-5-8-13(16)14(17)9-11/h3-9H,2H2,1H3,(H,18,19). The van der Waals surface area contributed by atoms with E-state index >= 15 is 0 Å². The number of amides is 1. The first-order valence-corrected chi connectivity index (χ1v) is 8.83. The van der Waals surface area contributed by atoms with Crippen LogP contribution in [0.2, 0.25) is 10.0 Å². The number of nitrogens with one attached hydrogen (secondary N) is 1. The van der Waals surface area contributed by atoms with Gasteiger partial charge in [-0.15, -0.1) is 0 Å². The van der Waals surface area contributed by atoms with Crippen molar-refractivity contribution in [2.75, 3.05) is 11.1 Å². The lowest BCUT2D eigenvalue weighted by Gasteiger charge is -2.07. The molecule has 0 heterocycles. The number of carbonyl (C=O) groups is 1. The van der Waals surface area contributed by atoms with Crippen molar-refractivity contribution in [3.8, 4) is 0 Å². The third-order valence-corrected chi connectivity index (χ3v) is 5.52. The summed E-state index contributed by atoms with van der Waals surface area (Å²) in [6.45, 7) is 1.57. The highest BCUT2D eigenvalue weighted by Crippen LogP contribution is 2.25. The van der Waals surface area contributed by atoms with Gasteiger partial charge in [-0.3, -0.25) is 4.79 Å². The Morgan fingerprint density at radius 3 is 2.23 bits per heavy atom. The SMILES string of the molecule is CCS(=O)(=O)c1ccc(C(=O)Nc2ccc(Cl)c(Cl)c2)cc1. The van der Waals surface area contributed by atoms with Crippen molar-refractivity contribution in [2.24, 2.45) is 0 Å². The van der Waals surface area contributed by atoms with Crippen molar-refractivity contribution < 1.29 is 13.2 Å². The van der Waals surface area contributed by atoms with E-state index in [0.29, 0.717) is 21.3 Å². The summed E-state index contributed by atoms with van der Waals surface area (Å²) in [5.74, 6) is -0.346. The summed E-state index contributed by atoms with van der Waals surface area (Å²) in [6, 6.07) is 10.5. The van der Waals surface area contributed by atoms with E-state index in [-0.39, 0.29) is 16.6 Å². The predicted octanol–water partition coefficient (Wildman–Crippen LogP) is 4.04. The van der Waals surface area contributed by atoms with E-state index < -0.39 is 9.84 Å². The molecule has 4 nitrogen and oxygen atoms in total. The van der Waals surface area contributed by atoms with Crippen molar-refractivity contribution in [3.63, 3.8) is 0 Å². The van der Waals surface area contributed by atoms with Gasteiger partial charge in [0.05, 0.1) is 20.7 Å². The zero-order valence-electron chi connectivity index (χ0n) is 11.6. The lowest BCUT2D eigenvalue weighted by atomic mass is 10.2. The number of anilines is 1. The van der Waals surface area contributed by atoms with Gasteiger partial charge in [0, 0.05) is 11.3 Å². The number of halogens is 2. The number of hydrogen-bond acceptors (Lipinski definition) is 3. The minimum atomic E-state index is -3.27. The first-order valence-electron chi connectivity index (χ1n) is 6.42. The van der Waals surface area contributed by atoms with Crippen LogP contribution in [0.5, 0.6) is 0 Å². The molecule has 0 fully saturated rings. The van der Waals surface area contributed by atoms with E-state index in [1.54, 1.807) is 19.1 Å². The van der Waals surface area contributed by atoms with E-state index in [4.69, 9.17) is 23.2 Å². The first kappa shape index (κ1) is 16.8. The van der Waals surface area contributed by atoms with Gasteiger partial charge in [-0.05, 0) is 42.5 Å². The van der Waals surface area contributed by atoms with E-state index in [9.17, 15) is 13.2 Å². The van der Waals surface area contributed by atoms with Crippen LogP contribution < -0.4 is 5.32 Å². The number of carbonyl (C=O) groups excluding carboxylic acids is 1. The summed E-state index contributed by atoms with van der Waals surface area (Å²) >= 11 is 11.7. The molecule has 2 aromatic carbocycles. The topological polar surface area (TPSA) is 63.2 Å². The summed E-state index contributed by atoms with van der Waals surface area (Å²) < 4.78 is 23.4. The predicted molar refractivity (Wildman–Crippen MR) is 88.6 cm³/mol. The average molecular weight is 358 g/mol. The summed E-state index contributed by atoms with van der Waals surface area (Å²) in [6.07, 6.45) is 0. The Labute approximate surface area is 139 Å².